The molecule has 0 saturated carbocycles. The number of benzene rings is 1. The molecular formula is C18H21Cl2N3O2S. The summed E-state index contributed by atoms with van der Waals surface area (Å²) in [6.07, 6.45) is 3.10. The van der Waals surface area contributed by atoms with E-state index in [4.69, 9.17) is 27.9 Å². The number of carbonyl (C=O) groups excluding carboxylic acids is 1. The maximum atomic E-state index is 12.3. The summed E-state index contributed by atoms with van der Waals surface area (Å²) in [6.45, 7) is 4.74. The Balaban J connectivity index is 1.53. The predicted octanol–water partition coefficient (Wildman–Crippen LogP) is 4.84. The zero-order chi connectivity index (χ0) is 18.5. The minimum Gasteiger partial charge on any atom is -0.479 e. The number of nitrogens with zero attached hydrogens (tertiary/aromatic N) is 2. The minimum absolute atomic E-state index is 0.269. The quantitative estimate of drug-likeness (QED) is 0.735. The molecule has 2 heterocycles. The van der Waals surface area contributed by atoms with Crippen LogP contribution in [0, 0.1) is 0 Å². The highest BCUT2D eigenvalue weighted by Crippen LogP contribution is 2.28. The fraction of sp³-hybridized carbons (Fsp3) is 0.444. The van der Waals surface area contributed by atoms with Gasteiger partial charge in [-0.1, -0.05) is 29.6 Å². The Morgan fingerprint density at radius 1 is 1.35 bits per heavy atom. The van der Waals surface area contributed by atoms with Crippen LogP contribution in [0.15, 0.2) is 23.6 Å². The van der Waals surface area contributed by atoms with Crippen LogP contribution in [0.25, 0.3) is 0 Å². The van der Waals surface area contributed by atoms with Gasteiger partial charge in [0.2, 0.25) is 0 Å². The molecular weight excluding hydrogens is 393 g/mol. The molecule has 1 amide bonds. The van der Waals surface area contributed by atoms with Gasteiger partial charge < -0.3 is 4.74 Å². The van der Waals surface area contributed by atoms with Crippen molar-refractivity contribution in [2.45, 2.75) is 38.8 Å². The maximum Gasteiger partial charge on any atom is 0.266 e. The fourth-order valence-corrected chi connectivity index (χ4v) is 3.96. The minimum atomic E-state index is -0.705. The molecule has 0 spiro atoms. The molecule has 1 aliphatic rings. The summed E-state index contributed by atoms with van der Waals surface area (Å²) in [6, 6.07) is 4.90. The molecule has 1 unspecified atom stereocenters. The van der Waals surface area contributed by atoms with Gasteiger partial charge in [-0.05, 0) is 51.1 Å². The number of thiazole rings is 1. The van der Waals surface area contributed by atoms with Crippen LogP contribution in [0.2, 0.25) is 10.0 Å². The lowest BCUT2D eigenvalue weighted by Crippen LogP contribution is -2.30. The van der Waals surface area contributed by atoms with Crippen LogP contribution in [0.4, 0.5) is 5.13 Å². The number of carbonyl (C=O) groups is 1. The number of amides is 1. The van der Waals surface area contributed by atoms with Crippen molar-refractivity contribution in [3.63, 3.8) is 0 Å². The van der Waals surface area contributed by atoms with Gasteiger partial charge in [0.25, 0.3) is 5.91 Å². The van der Waals surface area contributed by atoms with Crippen LogP contribution in [-0.4, -0.2) is 35.0 Å². The van der Waals surface area contributed by atoms with Gasteiger partial charge >= 0.3 is 0 Å². The molecule has 1 atom stereocenters. The average molecular weight is 414 g/mol. The first-order valence-corrected chi connectivity index (χ1v) is 10.2. The Bertz CT molecular complexity index is 763. The monoisotopic (exact) mass is 413 g/mol. The number of anilines is 1. The van der Waals surface area contributed by atoms with E-state index < -0.39 is 6.10 Å². The van der Waals surface area contributed by atoms with E-state index in [9.17, 15) is 4.79 Å². The molecule has 8 heteroatoms. The number of nitrogens with one attached hydrogen (secondary N) is 1. The molecule has 1 saturated heterocycles. The van der Waals surface area contributed by atoms with Crippen molar-refractivity contribution in [3.8, 4) is 5.75 Å². The van der Waals surface area contributed by atoms with Gasteiger partial charge in [-0.25, -0.2) is 4.98 Å². The molecule has 1 fully saturated rings. The normalized spacial score (nSPS) is 16.3. The van der Waals surface area contributed by atoms with Crippen LogP contribution in [0.3, 0.4) is 0 Å². The number of aromatic nitrogens is 1. The van der Waals surface area contributed by atoms with Crippen molar-refractivity contribution >= 4 is 45.6 Å². The first-order chi connectivity index (χ1) is 12.5. The van der Waals surface area contributed by atoms with Gasteiger partial charge in [0.05, 0.1) is 10.7 Å². The fourth-order valence-electron chi connectivity index (χ4n) is 2.81. The van der Waals surface area contributed by atoms with Crippen LogP contribution >= 0.6 is 34.5 Å². The molecule has 140 valence electrons. The Kier molecular flexibility index (Phi) is 6.75. The van der Waals surface area contributed by atoms with Crippen molar-refractivity contribution < 1.29 is 9.53 Å². The summed E-state index contributed by atoms with van der Waals surface area (Å²) in [7, 11) is 0. The first-order valence-electron chi connectivity index (χ1n) is 8.60. The van der Waals surface area contributed by atoms with Gasteiger partial charge in [0, 0.05) is 16.9 Å². The molecule has 0 radical (unpaired) electrons. The molecule has 0 aliphatic carbocycles. The number of hydrogen-bond donors (Lipinski definition) is 1. The first kappa shape index (κ1) is 19.4. The Labute approximate surface area is 167 Å². The van der Waals surface area contributed by atoms with Gasteiger partial charge in [-0.2, -0.15) is 0 Å². The molecule has 0 bridgehead atoms. The summed E-state index contributed by atoms with van der Waals surface area (Å²) in [5.74, 6) is 0.151. The molecule has 1 N–H and O–H groups in total. The Morgan fingerprint density at radius 2 is 2.12 bits per heavy atom. The molecule has 5 nitrogen and oxygen atoms in total. The van der Waals surface area contributed by atoms with Crippen LogP contribution < -0.4 is 10.1 Å². The Hall–Kier alpha value is -1.34. The van der Waals surface area contributed by atoms with E-state index in [0.29, 0.717) is 20.9 Å². The van der Waals surface area contributed by atoms with Crippen molar-refractivity contribution in [2.75, 3.05) is 18.4 Å². The average Bonchev–Trinajstić information content (AvgIpc) is 3.05. The highest BCUT2D eigenvalue weighted by Gasteiger charge is 2.18. The molecule has 1 aromatic carbocycles. The number of likely N-dealkylation sites (tertiary alicyclic amines) is 1. The highest BCUT2D eigenvalue weighted by atomic mass is 35.5. The second-order valence-electron chi connectivity index (χ2n) is 6.30. The zero-order valence-electron chi connectivity index (χ0n) is 14.5. The summed E-state index contributed by atoms with van der Waals surface area (Å²) in [5, 5.41) is 6.27. The second kappa shape index (κ2) is 9.04. The number of hydrogen-bond acceptors (Lipinski definition) is 5. The highest BCUT2D eigenvalue weighted by molar-refractivity contribution is 7.13. The predicted molar refractivity (Wildman–Crippen MR) is 106 cm³/mol. The van der Waals surface area contributed by atoms with E-state index in [1.54, 1.807) is 25.1 Å². The third-order valence-corrected chi connectivity index (χ3v) is 5.52. The number of ether oxygens (including phenoxy) is 1. The van der Waals surface area contributed by atoms with Crippen LogP contribution in [0.5, 0.6) is 5.75 Å². The smallest absolute Gasteiger partial charge is 0.266 e. The van der Waals surface area contributed by atoms with Gasteiger partial charge in [-0.15, -0.1) is 11.3 Å². The van der Waals surface area contributed by atoms with Gasteiger partial charge in [-0.3, -0.25) is 15.0 Å². The number of halogens is 2. The summed E-state index contributed by atoms with van der Waals surface area (Å²) < 4.78 is 5.63. The summed E-state index contributed by atoms with van der Waals surface area (Å²) in [4.78, 5) is 19.3. The SMILES string of the molecule is CC(Oc1ccc(Cl)cc1Cl)C(=O)Nc1nc(CN2CCCCC2)cs1. The van der Waals surface area contributed by atoms with E-state index in [1.807, 2.05) is 5.38 Å². The lowest BCUT2D eigenvalue weighted by atomic mass is 10.1. The van der Waals surface area contributed by atoms with E-state index in [0.717, 1.165) is 25.3 Å². The topological polar surface area (TPSA) is 54.5 Å². The van der Waals surface area contributed by atoms with Crippen LogP contribution in [0.1, 0.15) is 31.9 Å². The number of rotatable bonds is 6. The number of piperidine rings is 1. The zero-order valence-corrected chi connectivity index (χ0v) is 16.8. The van der Waals surface area contributed by atoms with Gasteiger partial charge in [0.1, 0.15) is 5.75 Å². The lowest BCUT2D eigenvalue weighted by molar-refractivity contribution is -0.122. The maximum absolute atomic E-state index is 12.3. The molecule has 26 heavy (non-hydrogen) atoms. The third-order valence-electron chi connectivity index (χ3n) is 4.18. The second-order valence-corrected chi connectivity index (χ2v) is 8.01. The third kappa shape index (κ3) is 5.33. The van der Waals surface area contributed by atoms with Crippen molar-refractivity contribution in [3.05, 3.63) is 39.3 Å². The van der Waals surface area contributed by atoms with E-state index in [-0.39, 0.29) is 5.91 Å². The summed E-state index contributed by atoms with van der Waals surface area (Å²) >= 11 is 13.4. The van der Waals surface area contributed by atoms with E-state index in [2.05, 4.69) is 15.2 Å². The van der Waals surface area contributed by atoms with Crippen molar-refractivity contribution in [1.82, 2.24) is 9.88 Å². The lowest BCUT2D eigenvalue weighted by Gasteiger charge is -2.25. The van der Waals surface area contributed by atoms with Crippen molar-refractivity contribution in [1.29, 1.82) is 0 Å². The molecule has 3 rings (SSSR count). The molecule has 2 aromatic rings. The summed E-state index contributed by atoms with van der Waals surface area (Å²) in [5.41, 5.74) is 0.988. The largest absolute Gasteiger partial charge is 0.479 e. The Morgan fingerprint density at radius 3 is 2.85 bits per heavy atom. The standard InChI is InChI=1S/C18H21Cl2N3O2S/c1-12(25-16-6-5-13(19)9-15(16)20)17(24)22-18-21-14(11-26-18)10-23-7-3-2-4-8-23/h5-6,9,11-12H,2-4,7-8,10H2,1H3,(H,21,22,24). The van der Waals surface area contributed by atoms with Crippen molar-refractivity contribution in [2.24, 2.45) is 0 Å². The van der Waals surface area contributed by atoms with E-state index >= 15 is 0 Å². The van der Waals surface area contributed by atoms with Crippen LogP contribution in [-0.2, 0) is 11.3 Å². The molecule has 1 aromatic heterocycles. The van der Waals surface area contributed by atoms with Gasteiger partial charge in [0.15, 0.2) is 11.2 Å². The van der Waals surface area contributed by atoms with E-state index in [1.165, 1.54) is 30.6 Å². The molecule has 1 aliphatic heterocycles.